The van der Waals surface area contributed by atoms with Crippen LogP contribution in [-0.2, 0) is 14.8 Å². The van der Waals surface area contributed by atoms with Gasteiger partial charge in [-0.1, -0.05) is 24.3 Å². The van der Waals surface area contributed by atoms with Crippen molar-refractivity contribution in [3.05, 3.63) is 40.0 Å². The minimum Gasteiger partial charge on any atom is -0.444 e. The van der Waals surface area contributed by atoms with Crippen LogP contribution in [0.3, 0.4) is 0 Å². The number of nitrogens with zero attached hydrogens (tertiary/aromatic N) is 2. The van der Waals surface area contributed by atoms with E-state index in [2.05, 4.69) is 22.6 Å². The van der Waals surface area contributed by atoms with Crippen LogP contribution in [0.25, 0.3) is 10.8 Å². The van der Waals surface area contributed by atoms with Crippen molar-refractivity contribution >= 4 is 49.5 Å². The van der Waals surface area contributed by atoms with E-state index in [1.54, 1.807) is 17.0 Å². The molecular weight excluding hydrogens is 491 g/mol. The first-order valence-electron chi connectivity index (χ1n) is 9.25. The van der Waals surface area contributed by atoms with Gasteiger partial charge in [-0.15, -0.1) is 0 Å². The summed E-state index contributed by atoms with van der Waals surface area (Å²) in [4.78, 5) is 14.2. The average Bonchev–Trinajstić information content (AvgIpc) is 2.87. The highest BCUT2D eigenvalue weighted by Crippen LogP contribution is 2.29. The second kappa shape index (κ2) is 8.16. The fourth-order valence-electron chi connectivity index (χ4n) is 3.25. The molecule has 1 heterocycles. The number of hydrogen-bond acceptors (Lipinski definition) is 4. The van der Waals surface area contributed by atoms with Crippen LogP contribution in [0.2, 0.25) is 0 Å². The Kier molecular flexibility index (Phi) is 6.21. The van der Waals surface area contributed by atoms with E-state index in [-0.39, 0.29) is 6.54 Å². The number of sulfonamides is 1. The van der Waals surface area contributed by atoms with Crippen LogP contribution in [0.15, 0.2) is 41.3 Å². The van der Waals surface area contributed by atoms with Crippen LogP contribution >= 0.6 is 22.6 Å². The van der Waals surface area contributed by atoms with Gasteiger partial charge in [-0.3, -0.25) is 0 Å². The van der Waals surface area contributed by atoms with E-state index in [4.69, 9.17) is 4.74 Å². The summed E-state index contributed by atoms with van der Waals surface area (Å²) in [5.74, 6) is 0. The lowest BCUT2D eigenvalue weighted by atomic mass is 10.1. The van der Waals surface area contributed by atoms with E-state index in [1.165, 1.54) is 4.31 Å². The number of carbonyl (C=O) groups excluding carboxylic acids is 1. The van der Waals surface area contributed by atoms with E-state index in [0.29, 0.717) is 31.0 Å². The number of ether oxygens (including phenoxy) is 1. The van der Waals surface area contributed by atoms with Gasteiger partial charge in [0.25, 0.3) is 0 Å². The molecular formula is C20H25IN2O4S. The van der Waals surface area contributed by atoms with E-state index in [0.717, 1.165) is 14.3 Å². The van der Waals surface area contributed by atoms with Gasteiger partial charge in [0.1, 0.15) is 5.60 Å². The molecule has 0 spiro atoms. The van der Waals surface area contributed by atoms with Crippen molar-refractivity contribution in [1.82, 2.24) is 9.21 Å². The number of hydrogen-bond donors (Lipinski definition) is 0. The predicted molar refractivity (Wildman–Crippen MR) is 118 cm³/mol. The molecule has 2 aromatic rings. The third-order valence-corrected chi connectivity index (χ3v) is 7.45. The normalized spacial score (nSPS) is 16.8. The summed E-state index contributed by atoms with van der Waals surface area (Å²) in [5, 5.41) is 1.65. The highest BCUT2D eigenvalue weighted by molar-refractivity contribution is 14.1. The lowest BCUT2D eigenvalue weighted by Crippen LogP contribution is -2.40. The maximum Gasteiger partial charge on any atom is 0.410 e. The summed E-state index contributed by atoms with van der Waals surface area (Å²) in [6.45, 7) is 6.89. The van der Waals surface area contributed by atoms with Crippen molar-refractivity contribution in [3.63, 3.8) is 0 Å². The Morgan fingerprint density at radius 1 is 1.00 bits per heavy atom. The molecule has 28 heavy (non-hydrogen) atoms. The summed E-state index contributed by atoms with van der Waals surface area (Å²) >= 11 is 2.22. The molecule has 152 valence electrons. The average molecular weight is 516 g/mol. The zero-order valence-corrected chi connectivity index (χ0v) is 19.3. The standard InChI is InChI=1S/C20H25IN2O4S/c1-20(2,3)27-19(24)22-11-6-12-23(14-13-22)28(25,26)18-10-5-7-15-16(18)8-4-9-17(15)21/h4-5,7-10H,6,11-14H2,1-3H3. The van der Waals surface area contributed by atoms with Crippen LogP contribution in [0, 0.1) is 3.57 Å². The van der Waals surface area contributed by atoms with Crippen molar-refractivity contribution in [2.75, 3.05) is 26.2 Å². The Morgan fingerprint density at radius 2 is 1.68 bits per heavy atom. The molecule has 0 N–H and O–H groups in total. The van der Waals surface area contributed by atoms with Crippen LogP contribution in [0.4, 0.5) is 4.79 Å². The molecule has 1 fully saturated rings. The Balaban J connectivity index is 1.84. The van der Waals surface area contributed by atoms with Gasteiger partial charge in [-0.2, -0.15) is 4.31 Å². The van der Waals surface area contributed by atoms with Gasteiger partial charge < -0.3 is 9.64 Å². The van der Waals surface area contributed by atoms with Crippen LogP contribution < -0.4 is 0 Å². The Morgan fingerprint density at radius 3 is 2.39 bits per heavy atom. The van der Waals surface area contributed by atoms with Gasteiger partial charge in [-0.05, 0) is 67.3 Å². The first kappa shape index (κ1) is 21.3. The van der Waals surface area contributed by atoms with Gasteiger partial charge in [0, 0.05) is 35.1 Å². The lowest BCUT2D eigenvalue weighted by Gasteiger charge is -2.26. The topological polar surface area (TPSA) is 66.9 Å². The molecule has 8 heteroatoms. The van der Waals surface area contributed by atoms with Gasteiger partial charge in [0.2, 0.25) is 10.0 Å². The number of carbonyl (C=O) groups is 1. The molecule has 1 amide bonds. The minimum atomic E-state index is -3.66. The molecule has 0 saturated carbocycles. The molecule has 0 aromatic heterocycles. The number of benzene rings is 2. The highest BCUT2D eigenvalue weighted by atomic mass is 127. The zero-order valence-electron chi connectivity index (χ0n) is 16.3. The first-order chi connectivity index (χ1) is 13.1. The molecule has 0 unspecified atom stereocenters. The zero-order chi connectivity index (χ0) is 20.5. The van der Waals surface area contributed by atoms with E-state index in [1.807, 2.05) is 45.0 Å². The molecule has 0 bridgehead atoms. The third kappa shape index (κ3) is 4.60. The molecule has 3 rings (SSSR count). The first-order valence-corrected chi connectivity index (χ1v) is 11.8. The van der Waals surface area contributed by atoms with Gasteiger partial charge in [0.15, 0.2) is 0 Å². The molecule has 0 radical (unpaired) electrons. The third-order valence-electron chi connectivity index (χ3n) is 4.55. The maximum atomic E-state index is 13.4. The smallest absolute Gasteiger partial charge is 0.410 e. The number of fused-ring (bicyclic) bond motifs is 1. The fraction of sp³-hybridized carbons (Fsp3) is 0.450. The SMILES string of the molecule is CC(C)(C)OC(=O)N1CCCN(S(=O)(=O)c2cccc3c(I)cccc23)CC1. The number of halogens is 1. The van der Waals surface area contributed by atoms with Crippen LogP contribution in [0.1, 0.15) is 27.2 Å². The molecule has 0 aliphatic carbocycles. The summed E-state index contributed by atoms with van der Waals surface area (Å²) in [5.41, 5.74) is -0.574. The fourth-order valence-corrected chi connectivity index (χ4v) is 5.60. The monoisotopic (exact) mass is 516 g/mol. The van der Waals surface area contributed by atoms with E-state index in [9.17, 15) is 13.2 Å². The summed E-state index contributed by atoms with van der Waals surface area (Å²) in [7, 11) is -3.66. The Labute approximate surface area is 180 Å². The molecule has 0 atom stereocenters. The number of amides is 1. The van der Waals surface area contributed by atoms with Crippen molar-refractivity contribution in [1.29, 1.82) is 0 Å². The second-order valence-electron chi connectivity index (χ2n) is 7.82. The molecule has 1 aliphatic rings. The summed E-state index contributed by atoms with van der Waals surface area (Å²) in [6.07, 6.45) is 0.173. The quantitative estimate of drug-likeness (QED) is 0.565. The Hall–Kier alpha value is -1.39. The van der Waals surface area contributed by atoms with Gasteiger partial charge in [0.05, 0.1) is 4.90 Å². The van der Waals surface area contributed by atoms with Crippen LogP contribution in [-0.4, -0.2) is 55.5 Å². The molecule has 6 nitrogen and oxygen atoms in total. The van der Waals surface area contributed by atoms with E-state index < -0.39 is 21.7 Å². The van der Waals surface area contributed by atoms with Crippen molar-refractivity contribution in [3.8, 4) is 0 Å². The van der Waals surface area contributed by atoms with Crippen molar-refractivity contribution in [2.45, 2.75) is 37.7 Å². The van der Waals surface area contributed by atoms with Crippen molar-refractivity contribution in [2.24, 2.45) is 0 Å². The van der Waals surface area contributed by atoms with Gasteiger partial charge >= 0.3 is 6.09 Å². The summed E-state index contributed by atoms with van der Waals surface area (Å²) in [6, 6.07) is 11.0. The van der Waals surface area contributed by atoms with Gasteiger partial charge in [-0.25, -0.2) is 13.2 Å². The van der Waals surface area contributed by atoms with Crippen molar-refractivity contribution < 1.29 is 17.9 Å². The predicted octanol–water partition coefficient (Wildman–Crippen LogP) is 4.08. The maximum absolute atomic E-state index is 13.4. The minimum absolute atomic E-state index is 0.252. The second-order valence-corrected chi connectivity index (χ2v) is 10.9. The number of rotatable bonds is 2. The van der Waals surface area contributed by atoms with Crippen LogP contribution in [0.5, 0.6) is 0 Å². The van der Waals surface area contributed by atoms with E-state index >= 15 is 0 Å². The molecule has 1 saturated heterocycles. The summed E-state index contributed by atoms with van der Waals surface area (Å²) < 4.78 is 34.6. The Bertz CT molecular complexity index is 985. The largest absolute Gasteiger partial charge is 0.444 e. The highest BCUT2D eigenvalue weighted by Gasteiger charge is 2.31. The lowest BCUT2D eigenvalue weighted by molar-refractivity contribution is 0.0260. The molecule has 2 aromatic carbocycles. The molecule has 1 aliphatic heterocycles.